The Morgan fingerprint density at radius 2 is 1.95 bits per heavy atom. The zero-order valence-electron chi connectivity index (χ0n) is 11.9. The molecule has 0 aliphatic carbocycles. The fourth-order valence-electron chi connectivity index (χ4n) is 1.88. The molecule has 0 unspecified atom stereocenters. The molecule has 2 N–H and O–H groups in total. The maximum atomic E-state index is 13.1. The summed E-state index contributed by atoms with van der Waals surface area (Å²) in [5.74, 6) is 0.764. The van der Waals surface area contributed by atoms with Gasteiger partial charge in [-0.25, -0.2) is 4.39 Å². The molecule has 0 spiro atoms. The van der Waals surface area contributed by atoms with Gasteiger partial charge in [-0.1, -0.05) is 23.7 Å². The first kappa shape index (κ1) is 15.6. The van der Waals surface area contributed by atoms with Crippen molar-refractivity contribution in [2.75, 3.05) is 7.11 Å². The van der Waals surface area contributed by atoms with Crippen LogP contribution in [0.3, 0.4) is 0 Å². The SMILES string of the molecule is COc1cc([C@H](C)N)ccc1OCc1ccc(F)c(Cl)c1. The fourth-order valence-corrected chi connectivity index (χ4v) is 2.08. The minimum atomic E-state index is -0.445. The molecule has 0 heterocycles. The van der Waals surface area contributed by atoms with Gasteiger partial charge in [-0.05, 0) is 42.3 Å². The van der Waals surface area contributed by atoms with E-state index in [1.807, 2.05) is 25.1 Å². The van der Waals surface area contributed by atoms with Crippen LogP contribution in [-0.4, -0.2) is 7.11 Å². The number of ether oxygens (including phenoxy) is 2. The van der Waals surface area contributed by atoms with Crippen molar-refractivity contribution in [3.05, 3.63) is 58.4 Å². The molecule has 0 saturated heterocycles. The lowest BCUT2D eigenvalue weighted by molar-refractivity contribution is 0.284. The highest BCUT2D eigenvalue weighted by atomic mass is 35.5. The van der Waals surface area contributed by atoms with Crippen molar-refractivity contribution in [1.29, 1.82) is 0 Å². The predicted octanol–water partition coefficient (Wildman–Crippen LogP) is 4.09. The molecule has 1 atom stereocenters. The Hall–Kier alpha value is -1.78. The highest BCUT2D eigenvalue weighted by Gasteiger charge is 2.09. The number of nitrogens with two attached hydrogens (primary N) is 1. The van der Waals surface area contributed by atoms with E-state index in [4.69, 9.17) is 26.8 Å². The molecular weight excluding hydrogens is 293 g/mol. The van der Waals surface area contributed by atoms with Gasteiger partial charge in [-0.3, -0.25) is 0 Å². The lowest BCUT2D eigenvalue weighted by atomic mass is 10.1. The third-order valence-corrected chi connectivity index (χ3v) is 3.38. The molecule has 112 valence electrons. The molecule has 2 aromatic rings. The number of hydrogen-bond donors (Lipinski definition) is 1. The first-order chi connectivity index (χ1) is 10.0. The molecule has 0 fully saturated rings. The third kappa shape index (κ3) is 3.86. The highest BCUT2D eigenvalue weighted by Crippen LogP contribution is 2.30. The number of hydrogen-bond acceptors (Lipinski definition) is 3. The van der Waals surface area contributed by atoms with Crippen LogP contribution in [0.2, 0.25) is 5.02 Å². The van der Waals surface area contributed by atoms with Crippen LogP contribution in [0.15, 0.2) is 36.4 Å². The van der Waals surface area contributed by atoms with Crippen LogP contribution in [0.1, 0.15) is 24.1 Å². The summed E-state index contributed by atoms with van der Waals surface area (Å²) in [5, 5.41) is 0.0790. The number of rotatable bonds is 5. The number of halogens is 2. The summed E-state index contributed by atoms with van der Waals surface area (Å²) in [6.07, 6.45) is 0. The highest BCUT2D eigenvalue weighted by molar-refractivity contribution is 6.30. The summed E-state index contributed by atoms with van der Waals surface area (Å²) >= 11 is 5.74. The van der Waals surface area contributed by atoms with Crippen LogP contribution < -0.4 is 15.2 Å². The van der Waals surface area contributed by atoms with Crippen LogP contribution in [0.4, 0.5) is 4.39 Å². The van der Waals surface area contributed by atoms with Crippen LogP contribution in [-0.2, 0) is 6.61 Å². The Labute approximate surface area is 128 Å². The Balaban J connectivity index is 2.13. The zero-order chi connectivity index (χ0) is 15.4. The minimum Gasteiger partial charge on any atom is -0.493 e. The standard InChI is InChI=1S/C16H17ClFNO2/c1-10(19)12-4-6-15(16(8-12)20-2)21-9-11-3-5-14(18)13(17)7-11/h3-8,10H,9,19H2,1-2H3/t10-/m0/s1. The van der Waals surface area contributed by atoms with E-state index in [2.05, 4.69) is 0 Å². The van der Waals surface area contributed by atoms with Gasteiger partial charge >= 0.3 is 0 Å². The minimum absolute atomic E-state index is 0.0790. The molecule has 0 saturated carbocycles. The third-order valence-electron chi connectivity index (χ3n) is 3.09. The molecule has 0 aliphatic heterocycles. The van der Waals surface area contributed by atoms with E-state index in [1.54, 1.807) is 19.2 Å². The second kappa shape index (κ2) is 6.78. The summed E-state index contributed by atoms with van der Waals surface area (Å²) in [6, 6.07) is 9.95. The number of benzene rings is 2. The van der Waals surface area contributed by atoms with Gasteiger partial charge in [-0.2, -0.15) is 0 Å². The van der Waals surface area contributed by atoms with E-state index >= 15 is 0 Å². The average Bonchev–Trinajstić information content (AvgIpc) is 2.48. The van der Waals surface area contributed by atoms with Crippen molar-refractivity contribution in [2.24, 2.45) is 5.73 Å². The van der Waals surface area contributed by atoms with Crippen molar-refractivity contribution in [3.63, 3.8) is 0 Å². The van der Waals surface area contributed by atoms with Gasteiger partial charge in [0.05, 0.1) is 12.1 Å². The summed E-state index contributed by atoms with van der Waals surface area (Å²) < 4.78 is 24.1. The van der Waals surface area contributed by atoms with Crippen molar-refractivity contribution < 1.29 is 13.9 Å². The van der Waals surface area contributed by atoms with Crippen molar-refractivity contribution >= 4 is 11.6 Å². The van der Waals surface area contributed by atoms with Gasteiger partial charge in [0.25, 0.3) is 0 Å². The molecule has 21 heavy (non-hydrogen) atoms. The Morgan fingerprint density at radius 1 is 1.19 bits per heavy atom. The normalized spacial score (nSPS) is 12.0. The predicted molar refractivity (Wildman–Crippen MR) is 81.3 cm³/mol. The second-order valence-corrected chi connectivity index (χ2v) is 5.14. The molecule has 2 rings (SSSR count). The molecule has 0 amide bonds. The summed E-state index contributed by atoms with van der Waals surface area (Å²) in [4.78, 5) is 0. The molecule has 3 nitrogen and oxygen atoms in total. The van der Waals surface area contributed by atoms with E-state index in [0.717, 1.165) is 11.1 Å². The van der Waals surface area contributed by atoms with Crippen LogP contribution >= 0.6 is 11.6 Å². The molecule has 0 radical (unpaired) electrons. The van der Waals surface area contributed by atoms with Crippen LogP contribution in [0.25, 0.3) is 0 Å². The Bertz CT molecular complexity index is 632. The monoisotopic (exact) mass is 309 g/mol. The van der Waals surface area contributed by atoms with E-state index < -0.39 is 5.82 Å². The van der Waals surface area contributed by atoms with Gasteiger partial charge in [0.15, 0.2) is 11.5 Å². The molecule has 0 bridgehead atoms. The van der Waals surface area contributed by atoms with Crippen LogP contribution in [0.5, 0.6) is 11.5 Å². The van der Waals surface area contributed by atoms with Gasteiger partial charge < -0.3 is 15.2 Å². The maximum absolute atomic E-state index is 13.1. The van der Waals surface area contributed by atoms with E-state index in [9.17, 15) is 4.39 Å². The van der Waals surface area contributed by atoms with Crippen molar-refractivity contribution in [1.82, 2.24) is 0 Å². The van der Waals surface area contributed by atoms with Gasteiger partial charge in [-0.15, -0.1) is 0 Å². The van der Waals surface area contributed by atoms with E-state index in [0.29, 0.717) is 11.5 Å². The van der Waals surface area contributed by atoms with Gasteiger partial charge in [0.1, 0.15) is 12.4 Å². The molecule has 0 aromatic heterocycles. The molecular formula is C16H17ClFNO2. The van der Waals surface area contributed by atoms with Crippen LogP contribution in [0, 0.1) is 5.82 Å². The van der Waals surface area contributed by atoms with Gasteiger partial charge in [0, 0.05) is 6.04 Å². The summed E-state index contributed by atoms with van der Waals surface area (Å²) in [5.41, 5.74) is 7.58. The molecule has 2 aromatic carbocycles. The first-order valence-corrected chi connectivity index (χ1v) is 6.89. The zero-order valence-corrected chi connectivity index (χ0v) is 12.7. The van der Waals surface area contributed by atoms with Crippen molar-refractivity contribution in [2.45, 2.75) is 19.6 Å². The van der Waals surface area contributed by atoms with E-state index in [1.165, 1.54) is 6.07 Å². The molecule has 0 aliphatic rings. The topological polar surface area (TPSA) is 44.5 Å². The number of methoxy groups -OCH3 is 1. The van der Waals surface area contributed by atoms with Crippen molar-refractivity contribution in [3.8, 4) is 11.5 Å². The maximum Gasteiger partial charge on any atom is 0.161 e. The first-order valence-electron chi connectivity index (χ1n) is 6.51. The second-order valence-electron chi connectivity index (χ2n) is 4.74. The van der Waals surface area contributed by atoms with E-state index in [-0.39, 0.29) is 17.7 Å². The fraction of sp³-hybridized carbons (Fsp3) is 0.250. The van der Waals surface area contributed by atoms with Gasteiger partial charge in [0.2, 0.25) is 0 Å². The average molecular weight is 310 g/mol. The lowest BCUT2D eigenvalue weighted by Crippen LogP contribution is -2.05. The Morgan fingerprint density at radius 3 is 2.57 bits per heavy atom. The summed E-state index contributed by atoms with van der Waals surface area (Å²) in [6.45, 7) is 2.17. The smallest absolute Gasteiger partial charge is 0.161 e. The molecule has 5 heteroatoms. The largest absolute Gasteiger partial charge is 0.493 e. The quantitative estimate of drug-likeness (QED) is 0.905. The Kier molecular flexibility index (Phi) is 5.04. The lowest BCUT2D eigenvalue weighted by Gasteiger charge is -2.14. The summed E-state index contributed by atoms with van der Waals surface area (Å²) in [7, 11) is 1.57.